The molecule has 1 aromatic heterocycles. The van der Waals surface area contributed by atoms with E-state index >= 15 is 0 Å². The second-order valence-electron chi connectivity index (χ2n) is 6.44. The lowest BCUT2D eigenvalue weighted by molar-refractivity contribution is -0.895. The molecule has 5 nitrogen and oxygen atoms in total. The quantitative estimate of drug-likeness (QED) is 0.464. The first kappa shape index (κ1) is 19.3. The molecule has 0 fully saturated rings. The summed E-state index contributed by atoms with van der Waals surface area (Å²) in [5.41, 5.74) is 2.27. The number of aromatic nitrogens is 1. The number of nitrogens with zero attached hydrogens (tertiary/aromatic N) is 2. The van der Waals surface area contributed by atoms with Crippen LogP contribution in [0.25, 0.3) is 0 Å². The first-order valence-corrected chi connectivity index (χ1v) is 8.57. The van der Waals surface area contributed by atoms with Crippen molar-refractivity contribution in [3.05, 3.63) is 56.3 Å². The Labute approximate surface area is 158 Å². The Bertz CT molecular complexity index is 782. The summed E-state index contributed by atoms with van der Waals surface area (Å²) in [7, 11) is 0. The van der Waals surface area contributed by atoms with E-state index in [9.17, 15) is 18.4 Å². The number of hydrogen-bond donors (Lipinski definition) is 1. The number of hydrogen-bond acceptors (Lipinski definition) is 4. The molecule has 26 heavy (non-hydrogen) atoms. The van der Waals surface area contributed by atoms with Crippen molar-refractivity contribution in [2.45, 2.75) is 32.2 Å². The van der Waals surface area contributed by atoms with Crippen molar-refractivity contribution in [3.8, 4) is 0 Å². The molecular weight excluding hydrogens is 394 g/mol. The summed E-state index contributed by atoms with van der Waals surface area (Å²) in [4.78, 5) is 3.99. The number of nitrogens with one attached hydrogen (secondary N) is 1. The van der Waals surface area contributed by atoms with E-state index in [1.165, 1.54) is 6.08 Å². The van der Waals surface area contributed by atoms with E-state index in [4.69, 9.17) is 27.9 Å². The lowest BCUT2D eigenvalue weighted by Gasteiger charge is -2.41. The Kier molecular flexibility index (Phi) is 5.13. The predicted molar refractivity (Wildman–Crippen MR) is 90.7 cm³/mol. The highest BCUT2D eigenvalue weighted by Crippen LogP contribution is 2.35. The number of rotatable bonds is 4. The van der Waals surface area contributed by atoms with Gasteiger partial charge in [-0.25, -0.2) is 4.98 Å². The average molecular weight is 410 g/mol. The lowest BCUT2D eigenvalue weighted by atomic mass is 10.1. The summed E-state index contributed by atoms with van der Waals surface area (Å²) in [5.74, 6) is -0.144. The van der Waals surface area contributed by atoms with Gasteiger partial charge in [-0.15, -0.1) is 0 Å². The van der Waals surface area contributed by atoms with Crippen LogP contribution in [0.2, 0.25) is 5.15 Å². The zero-order chi connectivity index (χ0) is 19.1. The van der Waals surface area contributed by atoms with Crippen LogP contribution in [-0.4, -0.2) is 35.0 Å². The van der Waals surface area contributed by atoms with E-state index in [0.717, 1.165) is 11.1 Å². The van der Waals surface area contributed by atoms with Gasteiger partial charge in [-0.2, -0.15) is 13.2 Å². The molecule has 2 aliphatic rings. The molecular formula is C16H16Cl2F3N3O2. The normalized spacial score (nSPS) is 25.7. The van der Waals surface area contributed by atoms with Crippen molar-refractivity contribution >= 4 is 23.2 Å². The Morgan fingerprint density at radius 3 is 2.77 bits per heavy atom. The zero-order valence-corrected chi connectivity index (χ0v) is 15.3. The molecule has 0 saturated heterocycles. The molecule has 2 atom stereocenters. The molecule has 3 heterocycles. The monoisotopic (exact) mass is 409 g/mol. The van der Waals surface area contributed by atoms with Crippen LogP contribution < -0.4 is 5.32 Å². The molecule has 2 unspecified atom stereocenters. The minimum atomic E-state index is -4.46. The summed E-state index contributed by atoms with van der Waals surface area (Å²) < 4.78 is 41.0. The number of halogens is 5. The van der Waals surface area contributed by atoms with E-state index in [2.05, 4.69) is 10.3 Å². The Balaban J connectivity index is 1.74. The van der Waals surface area contributed by atoms with Crippen LogP contribution in [-0.2, 0) is 17.8 Å². The number of dihydropyridines is 1. The van der Waals surface area contributed by atoms with Crippen molar-refractivity contribution in [2.75, 3.05) is 13.2 Å². The SMILES string of the molecule is CC1NC(OCC(F)(F)F)=C(Cl)C=C1C[N+]1([O-])Cc2ccnc(Cl)c2C1. The molecule has 0 aromatic carbocycles. The third kappa shape index (κ3) is 4.25. The molecule has 0 saturated carbocycles. The molecule has 142 valence electrons. The van der Waals surface area contributed by atoms with Gasteiger partial charge in [0.25, 0.3) is 0 Å². The minimum absolute atomic E-state index is 0.00496. The van der Waals surface area contributed by atoms with Gasteiger partial charge in [-0.05, 0) is 19.1 Å². The fourth-order valence-corrected chi connectivity index (χ4v) is 3.56. The fraction of sp³-hybridized carbons (Fsp3) is 0.438. The topological polar surface area (TPSA) is 57.2 Å². The molecule has 0 amide bonds. The van der Waals surface area contributed by atoms with Gasteiger partial charge in [0, 0.05) is 17.3 Å². The van der Waals surface area contributed by atoms with Crippen LogP contribution in [0.4, 0.5) is 13.2 Å². The van der Waals surface area contributed by atoms with Crippen molar-refractivity contribution in [3.63, 3.8) is 0 Å². The van der Waals surface area contributed by atoms with E-state index in [-0.39, 0.29) is 36.6 Å². The minimum Gasteiger partial charge on any atom is -0.632 e. The second-order valence-corrected chi connectivity index (χ2v) is 7.20. The predicted octanol–water partition coefficient (Wildman–Crippen LogP) is 3.97. The molecule has 0 aliphatic carbocycles. The van der Waals surface area contributed by atoms with Gasteiger partial charge in [-0.1, -0.05) is 23.2 Å². The molecule has 1 N–H and O–H groups in total. The van der Waals surface area contributed by atoms with Gasteiger partial charge in [0.05, 0.1) is 11.6 Å². The maximum atomic E-state index is 13.1. The maximum Gasteiger partial charge on any atom is 0.422 e. The van der Waals surface area contributed by atoms with Gasteiger partial charge in [0.1, 0.15) is 29.8 Å². The third-order valence-corrected chi connectivity index (χ3v) is 4.90. The number of allylic oxidation sites excluding steroid dienone is 2. The van der Waals surface area contributed by atoms with Gasteiger partial charge >= 0.3 is 6.18 Å². The molecule has 0 radical (unpaired) electrons. The summed E-state index contributed by atoms with van der Waals surface area (Å²) in [6.45, 7) is 0.854. The highest BCUT2D eigenvalue weighted by Gasteiger charge is 2.34. The molecule has 0 spiro atoms. The smallest absolute Gasteiger partial charge is 0.422 e. The summed E-state index contributed by atoms with van der Waals surface area (Å²) in [6.07, 6.45) is -1.40. The maximum absolute atomic E-state index is 13.1. The van der Waals surface area contributed by atoms with Crippen LogP contribution in [0, 0.1) is 5.21 Å². The van der Waals surface area contributed by atoms with E-state index in [1.54, 1.807) is 19.2 Å². The number of quaternary nitrogens is 1. The van der Waals surface area contributed by atoms with E-state index in [1.807, 2.05) is 0 Å². The lowest BCUT2D eigenvalue weighted by Crippen LogP contribution is -2.43. The first-order valence-electron chi connectivity index (χ1n) is 7.82. The van der Waals surface area contributed by atoms with Gasteiger partial charge in [-0.3, -0.25) is 0 Å². The first-order chi connectivity index (χ1) is 12.1. The number of fused-ring (bicyclic) bond motifs is 1. The molecule has 2 aliphatic heterocycles. The summed E-state index contributed by atoms with van der Waals surface area (Å²) in [5, 5.41) is 16.2. The number of alkyl halides is 3. The highest BCUT2D eigenvalue weighted by molar-refractivity contribution is 6.31. The van der Waals surface area contributed by atoms with Crippen molar-refractivity contribution in [1.82, 2.24) is 10.3 Å². The van der Waals surface area contributed by atoms with Crippen LogP contribution >= 0.6 is 23.2 Å². The van der Waals surface area contributed by atoms with Crippen LogP contribution in [0.5, 0.6) is 0 Å². The molecule has 10 heteroatoms. The van der Waals surface area contributed by atoms with E-state index in [0.29, 0.717) is 10.7 Å². The van der Waals surface area contributed by atoms with Crippen molar-refractivity contribution in [1.29, 1.82) is 0 Å². The Hall–Kier alpha value is -1.48. The summed E-state index contributed by atoms with van der Waals surface area (Å²) in [6, 6.07) is 1.38. The van der Waals surface area contributed by atoms with Gasteiger partial charge in [0.2, 0.25) is 5.88 Å². The number of ether oxygens (including phenoxy) is 1. The second kappa shape index (κ2) is 6.92. The van der Waals surface area contributed by atoms with Crippen molar-refractivity contribution < 1.29 is 22.6 Å². The number of pyridine rings is 1. The summed E-state index contributed by atoms with van der Waals surface area (Å²) >= 11 is 12.1. The van der Waals surface area contributed by atoms with Crippen LogP contribution in [0.15, 0.2) is 34.8 Å². The van der Waals surface area contributed by atoms with E-state index < -0.39 is 17.4 Å². The third-order valence-electron chi connectivity index (χ3n) is 4.29. The van der Waals surface area contributed by atoms with Crippen LogP contribution in [0.3, 0.4) is 0 Å². The highest BCUT2D eigenvalue weighted by atomic mass is 35.5. The number of hydroxylamine groups is 3. The van der Waals surface area contributed by atoms with Crippen LogP contribution in [0.1, 0.15) is 18.1 Å². The van der Waals surface area contributed by atoms with Gasteiger partial charge in [0.15, 0.2) is 6.61 Å². The Morgan fingerprint density at radius 1 is 1.38 bits per heavy atom. The molecule has 3 rings (SSSR count). The zero-order valence-electron chi connectivity index (χ0n) is 13.7. The Morgan fingerprint density at radius 2 is 2.12 bits per heavy atom. The molecule has 0 bridgehead atoms. The molecule has 1 aromatic rings. The standard InChI is InChI=1S/C16H16Cl2F3N3O2/c1-9-11(4-13(17)15(23-9)26-8-16(19,20)21)6-24(25)5-10-2-3-22-14(18)12(10)7-24/h2-4,9,23H,5-8H2,1H3. The average Bonchev–Trinajstić information content (AvgIpc) is 2.86. The fourth-order valence-electron chi connectivity index (χ4n) is 3.08. The largest absolute Gasteiger partial charge is 0.632 e. The van der Waals surface area contributed by atoms with Crippen molar-refractivity contribution in [2.24, 2.45) is 0 Å². The van der Waals surface area contributed by atoms with Gasteiger partial charge < -0.3 is 19.9 Å².